The van der Waals surface area contributed by atoms with Gasteiger partial charge in [-0.05, 0) is 18.6 Å². The molecule has 30 heavy (non-hydrogen) atoms. The summed E-state index contributed by atoms with van der Waals surface area (Å²) in [6.07, 6.45) is 1.03. The average Bonchev–Trinajstić information content (AvgIpc) is 3.13. The molecule has 0 aliphatic rings. The maximum absolute atomic E-state index is 12.7. The number of anilines is 1. The van der Waals surface area contributed by atoms with E-state index in [-0.39, 0.29) is 30.3 Å². The monoisotopic (exact) mass is 448 g/mol. The van der Waals surface area contributed by atoms with Gasteiger partial charge >= 0.3 is 11.7 Å². The second-order valence-electron chi connectivity index (χ2n) is 6.07. The molecule has 0 saturated heterocycles. The van der Waals surface area contributed by atoms with Crippen LogP contribution in [-0.4, -0.2) is 33.0 Å². The highest BCUT2D eigenvalue weighted by Gasteiger charge is 2.17. The molecule has 0 unspecified atom stereocenters. The van der Waals surface area contributed by atoms with Crippen LogP contribution in [0.4, 0.5) is 5.13 Å². The number of rotatable bonds is 7. The topological polar surface area (TPSA) is 123 Å². The first-order valence-corrected chi connectivity index (χ1v) is 10.1. The van der Waals surface area contributed by atoms with Crippen LogP contribution in [0, 0.1) is 0 Å². The van der Waals surface area contributed by atoms with Crippen LogP contribution < -0.4 is 16.6 Å². The zero-order valence-corrected chi connectivity index (χ0v) is 17.4. The SMILES string of the molecule is CCOC(=O)Cc1csc(NC(=O)c2c[nH]c(=O)n(Cc3ccccc3Cl)c2=O)n1. The zero-order chi connectivity index (χ0) is 21.7. The Morgan fingerprint density at radius 1 is 1.30 bits per heavy atom. The molecule has 9 nitrogen and oxygen atoms in total. The molecule has 0 radical (unpaired) electrons. The number of benzene rings is 1. The fourth-order valence-corrected chi connectivity index (χ4v) is 3.49. The van der Waals surface area contributed by atoms with Gasteiger partial charge in [0.15, 0.2) is 5.13 Å². The lowest BCUT2D eigenvalue weighted by molar-refractivity contribution is -0.142. The minimum absolute atomic E-state index is 0.0243. The Balaban J connectivity index is 1.79. The molecule has 0 aliphatic carbocycles. The summed E-state index contributed by atoms with van der Waals surface area (Å²) in [6.45, 7) is 1.88. The van der Waals surface area contributed by atoms with Crippen molar-refractivity contribution in [3.8, 4) is 0 Å². The number of H-pyrrole nitrogens is 1. The highest BCUT2D eigenvalue weighted by atomic mass is 35.5. The van der Waals surface area contributed by atoms with Crippen LogP contribution in [-0.2, 0) is 22.5 Å². The number of carbonyl (C=O) groups excluding carboxylic acids is 2. The number of nitrogens with one attached hydrogen (secondary N) is 2. The summed E-state index contributed by atoms with van der Waals surface area (Å²) < 4.78 is 5.75. The maximum atomic E-state index is 12.7. The van der Waals surface area contributed by atoms with Crippen molar-refractivity contribution in [3.63, 3.8) is 0 Å². The van der Waals surface area contributed by atoms with Crippen molar-refractivity contribution < 1.29 is 14.3 Å². The number of nitrogens with zero attached hydrogens (tertiary/aromatic N) is 2. The smallest absolute Gasteiger partial charge is 0.328 e. The average molecular weight is 449 g/mol. The summed E-state index contributed by atoms with van der Waals surface area (Å²) in [5.41, 5.74) is -0.690. The second-order valence-corrected chi connectivity index (χ2v) is 7.34. The van der Waals surface area contributed by atoms with E-state index in [1.807, 2.05) is 0 Å². The van der Waals surface area contributed by atoms with Crippen LogP contribution in [0.15, 0.2) is 45.4 Å². The molecule has 11 heteroatoms. The Hall–Kier alpha value is -3.24. The molecule has 2 N–H and O–H groups in total. The second kappa shape index (κ2) is 9.51. The van der Waals surface area contributed by atoms with Crippen molar-refractivity contribution in [1.29, 1.82) is 0 Å². The van der Waals surface area contributed by atoms with E-state index in [4.69, 9.17) is 16.3 Å². The normalized spacial score (nSPS) is 10.6. The molecule has 0 fully saturated rings. The van der Waals surface area contributed by atoms with Crippen LogP contribution >= 0.6 is 22.9 Å². The highest BCUT2D eigenvalue weighted by Crippen LogP contribution is 2.17. The number of esters is 1. The van der Waals surface area contributed by atoms with Gasteiger partial charge in [-0.25, -0.2) is 9.78 Å². The quantitative estimate of drug-likeness (QED) is 0.533. The molecule has 1 amide bonds. The number of aromatic nitrogens is 3. The molecule has 3 rings (SSSR count). The molecule has 0 spiro atoms. The van der Waals surface area contributed by atoms with Gasteiger partial charge in [0.2, 0.25) is 0 Å². The zero-order valence-electron chi connectivity index (χ0n) is 15.8. The van der Waals surface area contributed by atoms with Crippen LogP contribution in [0.1, 0.15) is 28.5 Å². The predicted molar refractivity (Wildman–Crippen MR) is 112 cm³/mol. The number of hydrogen-bond acceptors (Lipinski definition) is 7. The van der Waals surface area contributed by atoms with E-state index in [0.29, 0.717) is 16.3 Å². The number of aromatic amines is 1. The van der Waals surface area contributed by atoms with Crippen molar-refractivity contribution in [2.24, 2.45) is 0 Å². The van der Waals surface area contributed by atoms with Gasteiger partial charge in [-0.1, -0.05) is 29.8 Å². The van der Waals surface area contributed by atoms with Crippen molar-refractivity contribution in [3.05, 3.63) is 78.5 Å². The Kier molecular flexibility index (Phi) is 6.80. The highest BCUT2D eigenvalue weighted by molar-refractivity contribution is 7.14. The van der Waals surface area contributed by atoms with E-state index in [0.717, 1.165) is 22.1 Å². The fourth-order valence-electron chi connectivity index (χ4n) is 2.58. The van der Waals surface area contributed by atoms with Gasteiger partial charge in [0.25, 0.3) is 11.5 Å². The molecule has 0 atom stereocenters. The molecule has 2 aromatic heterocycles. The van der Waals surface area contributed by atoms with Gasteiger partial charge in [0, 0.05) is 16.6 Å². The first kappa shape index (κ1) is 21.5. The first-order valence-electron chi connectivity index (χ1n) is 8.86. The van der Waals surface area contributed by atoms with Crippen LogP contribution in [0.25, 0.3) is 0 Å². The van der Waals surface area contributed by atoms with E-state index in [1.54, 1.807) is 36.6 Å². The largest absolute Gasteiger partial charge is 0.466 e. The van der Waals surface area contributed by atoms with Gasteiger partial charge in [0.05, 0.1) is 25.3 Å². The molecule has 1 aromatic carbocycles. The number of ether oxygens (including phenoxy) is 1. The van der Waals surface area contributed by atoms with Crippen molar-refractivity contribution in [2.45, 2.75) is 19.9 Å². The lowest BCUT2D eigenvalue weighted by Crippen LogP contribution is -2.39. The van der Waals surface area contributed by atoms with E-state index in [1.165, 1.54) is 0 Å². The number of carbonyl (C=O) groups is 2. The van der Waals surface area contributed by atoms with Gasteiger partial charge < -0.3 is 9.72 Å². The maximum Gasteiger partial charge on any atom is 0.328 e. The van der Waals surface area contributed by atoms with E-state index in [9.17, 15) is 19.2 Å². The van der Waals surface area contributed by atoms with Crippen LogP contribution in [0.3, 0.4) is 0 Å². The number of amides is 1. The first-order chi connectivity index (χ1) is 14.4. The van der Waals surface area contributed by atoms with E-state index < -0.39 is 23.1 Å². The number of hydrogen-bond donors (Lipinski definition) is 2. The van der Waals surface area contributed by atoms with E-state index in [2.05, 4.69) is 15.3 Å². The summed E-state index contributed by atoms with van der Waals surface area (Å²) in [5, 5.41) is 4.72. The van der Waals surface area contributed by atoms with Crippen molar-refractivity contribution in [1.82, 2.24) is 14.5 Å². The molecule has 0 aliphatic heterocycles. The van der Waals surface area contributed by atoms with Crippen molar-refractivity contribution >= 4 is 39.9 Å². The predicted octanol–water partition coefficient (Wildman–Crippen LogP) is 2.05. The Morgan fingerprint density at radius 2 is 2.07 bits per heavy atom. The standard InChI is InChI=1S/C19H17ClN4O5S/c1-2-29-15(25)7-12-10-30-18(22-12)23-16(26)13-8-21-19(28)24(17(13)27)9-11-5-3-4-6-14(11)20/h3-6,8,10H,2,7,9H2,1H3,(H,21,28)(H,22,23,26). The molecule has 0 bridgehead atoms. The minimum Gasteiger partial charge on any atom is -0.466 e. The van der Waals surface area contributed by atoms with Gasteiger partial charge in [0.1, 0.15) is 5.56 Å². The molecular weight excluding hydrogens is 432 g/mol. The molecular formula is C19H17ClN4O5S. The lowest BCUT2D eigenvalue weighted by Gasteiger charge is -2.08. The number of halogens is 1. The third-order valence-electron chi connectivity index (χ3n) is 3.99. The Labute approximate surface area is 179 Å². The van der Waals surface area contributed by atoms with Crippen LogP contribution in [0.5, 0.6) is 0 Å². The number of thiazole rings is 1. The summed E-state index contributed by atoms with van der Waals surface area (Å²) in [4.78, 5) is 55.4. The van der Waals surface area contributed by atoms with Gasteiger partial charge in [-0.15, -0.1) is 11.3 Å². The fraction of sp³-hybridized carbons (Fsp3) is 0.211. The summed E-state index contributed by atoms with van der Waals surface area (Å²) in [6, 6.07) is 6.78. The third kappa shape index (κ3) is 5.02. The summed E-state index contributed by atoms with van der Waals surface area (Å²) >= 11 is 7.20. The van der Waals surface area contributed by atoms with Crippen molar-refractivity contribution in [2.75, 3.05) is 11.9 Å². The molecule has 3 aromatic rings. The Bertz CT molecular complexity index is 1200. The summed E-state index contributed by atoms with van der Waals surface area (Å²) in [7, 11) is 0. The molecule has 2 heterocycles. The lowest BCUT2D eigenvalue weighted by atomic mass is 10.2. The van der Waals surface area contributed by atoms with Gasteiger partial charge in [-0.2, -0.15) is 0 Å². The van der Waals surface area contributed by atoms with Crippen LogP contribution in [0.2, 0.25) is 5.02 Å². The Morgan fingerprint density at radius 3 is 2.80 bits per heavy atom. The van der Waals surface area contributed by atoms with E-state index >= 15 is 0 Å². The van der Waals surface area contributed by atoms with Gasteiger partial charge in [-0.3, -0.25) is 24.3 Å². The molecule has 0 saturated carbocycles. The third-order valence-corrected chi connectivity index (χ3v) is 5.17. The minimum atomic E-state index is -0.764. The molecule has 156 valence electrons. The summed E-state index contributed by atoms with van der Waals surface area (Å²) in [5.74, 6) is -1.16.